The highest BCUT2D eigenvalue weighted by atomic mass is 19.3. The van der Waals surface area contributed by atoms with Crippen molar-refractivity contribution >= 4 is 23.0 Å². The zero-order valence-corrected chi connectivity index (χ0v) is 16.0. The Labute approximate surface area is 161 Å². The van der Waals surface area contributed by atoms with Crippen LogP contribution in [0.2, 0.25) is 0 Å². The molecule has 1 amide bonds. The minimum Gasteiger partial charge on any atom is -0.427 e. The number of nitro benzene ring substituents is 1. The highest BCUT2D eigenvalue weighted by Crippen LogP contribution is 2.32. The Morgan fingerprint density at radius 2 is 1.82 bits per heavy atom. The van der Waals surface area contributed by atoms with Crippen LogP contribution in [0.4, 0.5) is 25.8 Å². The number of anilines is 2. The fourth-order valence-corrected chi connectivity index (χ4v) is 2.94. The van der Waals surface area contributed by atoms with Gasteiger partial charge in [0.2, 0.25) is 11.7 Å². The molecule has 0 atom stereocenters. The number of rotatable bonds is 7. The summed E-state index contributed by atoms with van der Waals surface area (Å²) in [6.07, 6.45) is 0. The third-order valence-corrected chi connectivity index (χ3v) is 4.12. The van der Waals surface area contributed by atoms with Gasteiger partial charge in [0.15, 0.2) is 0 Å². The molecule has 0 saturated carbocycles. The monoisotopic (exact) mass is 393 g/mol. The number of carbonyl (C=O) groups is 1. The molecule has 2 rings (SSSR count). The minimum atomic E-state index is -3.20. The van der Waals surface area contributed by atoms with Gasteiger partial charge < -0.3 is 15.0 Å². The number of aryl methyl sites for hydroxylation is 3. The Morgan fingerprint density at radius 1 is 1.21 bits per heavy atom. The first-order valence-electron chi connectivity index (χ1n) is 8.40. The molecule has 2 aromatic carbocycles. The molecule has 28 heavy (non-hydrogen) atoms. The molecule has 9 heteroatoms. The Balaban J connectivity index is 2.17. The van der Waals surface area contributed by atoms with Crippen molar-refractivity contribution in [2.75, 3.05) is 23.8 Å². The number of alkyl halides is 2. The topological polar surface area (TPSA) is 84.7 Å². The number of nitro groups is 1. The van der Waals surface area contributed by atoms with Gasteiger partial charge in [0.1, 0.15) is 0 Å². The fraction of sp³-hybridized carbons (Fsp3) is 0.316. The maximum absolute atomic E-state index is 12.5. The number of hydrogen-bond acceptors (Lipinski definition) is 5. The normalized spacial score (nSPS) is 10.7. The third-order valence-electron chi connectivity index (χ3n) is 4.12. The van der Waals surface area contributed by atoms with Gasteiger partial charge >= 0.3 is 12.3 Å². The zero-order chi connectivity index (χ0) is 21.0. The number of nitrogens with one attached hydrogen (secondary N) is 1. The molecule has 0 aliphatic carbocycles. The van der Waals surface area contributed by atoms with Crippen LogP contribution in [0.3, 0.4) is 0 Å². The molecule has 1 N–H and O–H groups in total. The Morgan fingerprint density at radius 3 is 2.36 bits per heavy atom. The summed E-state index contributed by atoms with van der Waals surface area (Å²) >= 11 is 0. The summed E-state index contributed by atoms with van der Waals surface area (Å²) in [6.45, 7) is 2.47. The Bertz CT molecular complexity index is 880. The molecule has 0 heterocycles. The number of carbonyl (C=O) groups excluding carboxylic acids is 1. The number of hydrogen-bond donors (Lipinski definition) is 1. The summed E-state index contributed by atoms with van der Waals surface area (Å²) in [6, 6.07) is 7.45. The van der Waals surface area contributed by atoms with E-state index in [0.29, 0.717) is 5.69 Å². The second kappa shape index (κ2) is 8.64. The number of likely N-dealkylation sites (N-methyl/N-ethyl adjacent to an activating group) is 1. The van der Waals surface area contributed by atoms with Crippen LogP contribution in [-0.2, 0) is 4.79 Å². The van der Waals surface area contributed by atoms with Crippen molar-refractivity contribution in [1.82, 2.24) is 0 Å². The van der Waals surface area contributed by atoms with E-state index in [1.165, 1.54) is 11.0 Å². The van der Waals surface area contributed by atoms with E-state index in [1.54, 1.807) is 7.05 Å². The summed E-state index contributed by atoms with van der Waals surface area (Å²) in [5, 5.41) is 13.8. The third kappa shape index (κ3) is 5.15. The van der Waals surface area contributed by atoms with Gasteiger partial charge in [0, 0.05) is 30.6 Å². The number of halogens is 2. The van der Waals surface area contributed by atoms with E-state index in [2.05, 4.69) is 10.1 Å². The van der Waals surface area contributed by atoms with Crippen molar-refractivity contribution in [3.05, 3.63) is 57.1 Å². The van der Waals surface area contributed by atoms with E-state index < -0.39 is 23.0 Å². The van der Waals surface area contributed by atoms with Crippen LogP contribution < -0.4 is 15.0 Å². The van der Waals surface area contributed by atoms with Gasteiger partial charge in [0.05, 0.1) is 11.5 Å². The molecule has 150 valence electrons. The van der Waals surface area contributed by atoms with Gasteiger partial charge in [-0.2, -0.15) is 8.78 Å². The molecule has 0 aromatic heterocycles. The van der Waals surface area contributed by atoms with Crippen LogP contribution >= 0.6 is 0 Å². The van der Waals surface area contributed by atoms with Crippen molar-refractivity contribution in [2.24, 2.45) is 0 Å². The highest BCUT2D eigenvalue weighted by molar-refractivity contribution is 5.95. The molecule has 0 bridgehead atoms. The summed E-state index contributed by atoms with van der Waals surface area (Å²) < 4.78 is 29.3. The number of amides is 1. The molecule has 0 spiro atoms. The van der Waals surface area contributed by atoms with Crippen LogP contribution in [0.25, 0.3) is 0 Å². The SMILES string of the molecule is Cc1cc(C)c(NC(=O)CN(C)c2ccc([N+](=O)[O-])c(OC(F)F)c2)c(C)c1. The summed E-state index contributed by atoms with van der Waals surface area (Å²) in [5.74, 6) is -0.873. The van der Waals surface area contributed by atoms with Gasteiger partial charge in [-0.25, -0.2) is 0 Å². The van der Waals surface area contributed by atoms with E-state index in [9.17, 15) is 23.7 Å². The molecule has 0 aliphatic rings. The molecular weight excluding hydrogens is 372 g/mol. The quantitative estimate of drug-likeness (QED) is 0.563. The Kier molecular flexibility index (Phi) is 6.50. The number of nitrogens with zero attached hydrogens (tertiary/aromatic N) is 2. The van der Waals surface area contributed by atoms with Gasteiger partial charge in [-0.1, -0.05) is 17.7 Å². The van der Waals surface area contributed by atoms with Crippen molar-refractivity contribution in [3.8, 4) is 5.75 Å². The van der Waals surface area contributed by atoms with E-state index in [0.717, 1.165) is 34.5 Å². The second-order valence-electron chi connectivity index (χ2n) is 6.47. The average Bonchev–Trinajstić information content (AvgIpc) is 2.57. The maximum atomic E-state index is 12.5. The lowest BCUT2D eigenvalue weighted by Gasteiger charge is -2.20. The van der Waals surface area contributed by atoms with Crippen LogP contribution in [0.5, 0.6) is 5.75 Å². The molecule has 0 fully saturated rings. The molecular formula is C19H21F2N3O4. The molecule has 0 aliphatic heterocycles. The van der Waals surface area contributed by atoms with Crippen molar-refractivity contribution in [3.63, 3.8) is 0 Å². The van der Waals surface area contributed by atoms with E-state index >= 15 is 0 Å². The summed E-state index contributed by atoms with van der Waals surface area (Å²) in [7, 11) is 1.57. The van der Waals surface area contributed by atoms with Crippen molar-refractivity contribution < 1.29 is 23.2 Å². The summed E-state index contributed by atoms with van der Waals surface area (Å²) in [4.78, 5) is 24.0. The lowest BCUT2D eigenvalue weighted by Crippen LogP contribution is -2.30. The molecule has 2 aromatic rings. The standard InChI is InChI=1S/C19H21F2N3O4/c1-11-7-12(2)18(13(3)8-11)22-17(25)10-23(4)14-5-6-15(24(26)27)16(9-14)28-19(20)21/h5-9,19H,10H2,1-4H3,(H,22,25). The lowest BCUT2D eigenvalue weighted by molar-refractivity contribution is -0.386. The number of ether oxygens (including phenoxy) is 1. The first-order chi connectivity index (χ1) is 13.1. The molecule has 0 saturated heterocycles. The van der Waals surface area contributed by atoms with Gasteiger partial charge in [-0.3, -0.25) is 14.9 Å². The second-order valence-corrected chi connectivity index (χ2v) is 6.47. The summed E-state index contributed by atoms with van der Waals surface area (Å²) in [5.41, 5.74) is 3.41. The van der Waals surface area contributed by atoms with Crippen LogP contribution in [0.1, 0.15) is 16.7 Å². The molecule has 0 unspecified atom stereocenters. The number of benzene rings is 2. The fourth-order valence-electron chi connectivity index (χ4n) is 2.94. The van der Waals surface area contributed by atoms with E-state index in [4.69, 9.17) is 0 Å². The van der Waals surface area contributed by atoms with E-state index in [-0.39, 0.29) is 12.5 Å². The average molecular weight is 393 g/mol. The zero-order valence-electron chi connectivity index (χ0n) is 16.0. The smallest absolute Gasteiger partial charge is 0.387 e. The van der Waals surface area contributed by atoms with Crippen LogP contribution in [-0.4, -0.2) is 31.0 Å². The van der Waals surface area contributed by atoms with Gasteiger partial charge in [-0.15, -0.1) is 0 Å². The predicted molar refractivity (Wildman–Crippen MR) is 102 cm³/mol. The first kappa shape index (κ1) is 21.1. The minimum absolute atomic E-state index is 0.0846. The lowest BCUT2D eigenvalue weighted by atomic mass is 10.1. The van der Waals surface area contributed by atoms with Gasteiger partial charge in [0.25, 0.3) is 0 Å². The Hall–Kier alpha value is -3.23. The van der Waals surface area contributed by atoms with Crippen LogP contribution in [0.15, 0.2) is 30.3 Å². The van der Waals surface area contributed by atoms with Crippen LogP contribution in [0, 0.1) is 30.9 Å². The molecule has 0 radical (unpaired) electrons. The van der Waals surface area contributed by atoms with Crippen molar-refractivity contribution in [2.45, 2.75) is 27.4 Å². The highest BCUT2D eigenvalue weighted by Gasteiger charge is 2.21. The molecule has 7 nitrogen and oxygen atoms in total. The van der Waals surface area contributed by atoms with Crippen molar-refractivity contribution in [1.29, 1.82) is 0 Å². The largest absolute Gasteiger partial charge is 0.427 e. The predicted octanol–water partition coefficient (Wildman–Crippen LogP) is 4.20. The van der Waals surface area contributed by atoms with E-state index in [1.807, 2.05) is 32.9 Å². The van der Waals surface area contributed by atoms with Gasteiger partial charge in [-0.05, 0) is 38.0 Å². The first-order valence-corrected chi connectivity index (χ1v) is 8.40. The maximum Gasteiger partial charge on any atom is 0.387 e.